The second-order valence-corrected chi connectivity index (χ2v) is 11.5. The van der Waals surface area contributed by atoms with Crippen LogP contribution in [0.25, 0.3) is 6.08 Å². The number of carbonyl (C=O) groups is 4. The van der Waals surface area contributed by atoms with E-state index in [1.807, 2.05) is 30.3 Å². The van der Waals surface area contributed by atoms with Crippen LogP contribution < -0.4 is 19.7 Å². The Kier molecular flexibility index (Phi) is 10.3. The van der Waals surface area contributed by atoms with Gasteiger partial charge in [0, 0.05) is 37.6 Å². The van der Waals surface area contributed by atoms with E-state index in [0.717, 1.165) is 22.3 Å². The Morgan fingerprint density at radius 2 is 1.71 bits per heavy atom. The normalized spacial score (nSPS) is 15.9. The van der Waals surface area contributed by atoms with Crippen LogP contribution in [0, 0.1) is 5.82 Å². The SMILES string of the molecule is CCOc1cc(/C=C2/SC(=O)N(CC(=O)N3CCN(c4ccccc4)CC3)C2=O)cc(Cl)c1OCC(=O)Nc1ccc(F)cc1. The highest BCUT2D eigenvalue weighted by molar-refractivity contribution is 8.18. The summed E-state index contributed by atoms with van der Waals surface area (Å²) >= 11 is 7.22. The van der Waals surface area contributed by atoms with Crippen LogP contribution in [0.3, 0.4) is 0 Å². The Hall–Kier alpha value is -4.55. The number of halogens is 2. The minimum atomic E-state index is -0.576. The van der Waals surface area contributed by atoms with Gasteiger partial charge in [0.25, 0.3) is 17.1 Å². The van der Waals surface area contributed by atoms with Crippen molar-refractivity contribution in [3.8, 4) is 11.5 Å². The van der Waals surface area contributed by atoms with Gasteiger partial charge in [-0.05, 0) is 78.9 Å². The first-order chi connectivity index (χ1) is 21.7. The number of ether oxygens (including phenoxy) is 2. The Labute approximate surface area is 268 Å². The Bertz CT molecular complexity index is 1610. The van der Waals surface area contributed by atoms with Crippen LogP contribution in [0.5, 0.6) is 11.5 Å². The van der Waals surface area contributed by atoms with Crippen molar-refractivity contribution in [2.24, 2.45) is 0 Å². The van der Waals surface area contributed by atoms with Crippen molar-refractivity contribution >= 4 is 63.8 Å². The first kappa shape index (κ1) is 31.9. The number of hydrogen-bond acceptors (Lipinski definition) is 8. The van der Waals surface area contributed by atoms with Crippen LogP contribution in [-0.2, 0) is 14.4 Å². The number of thioether (sulfide) groups is 1. The predicted molar refractivity (Wildman–Crippen MR) is 171 cm³/mol. The molecule has 0 unspecified atom stereocenters. The first-order valence-corrected chi connectivity index (χ1v) is 15.4. The molecule has 5 rings (SSSR count). The van der Waals surface area contributed by atoms with Gasteiger partial charge in [-0.3, -0.25) is 24.1 Å². The van der Waals surface area contributed by atoms with Crippen LogP contribution in [0.1, 0.15) is 12.5 Å². The van der Waals surface area contributed by atoms with Gasteiger partial charge in [0.1, 0.15) is 12.4 Å². The summed E-state index contributed by atoms with van der Waals surface area (Å²) in [5.74, 6) is -1.44. The fraction of sp³-hybridized carbons (Fsp3) is 0.250. The van der Waals surface area contributed by atoms with E-state index in [0.29, 0.717) is 37.4 Å². The molecule has 4 amide bonds. The molecule has 1 N–H and O–H groups in total. The third-order valence-electron chi connectivity index (χ3n) is 7.03. The molecule has 0 aliphatic carbocycles. The van der Waals surface area contributed by atoms with Crippen LogP contribution >= 0.6 is 23.4 Å². The van der Waals surface area contributed by atoms with Gasteiger partial charge in [0.15, 0.2) is 18.1 Å². The highest BCUT2D eigenvalue weighted by Gasteiger charge is 2.37. The molecule has 2 fully saturated rings. The largest absolute Gasteiger partial charge is 0.490 e. The number of nitrogens with one attached hydrogen (secondary N) is 1. The number of nitrogens with zero attached hydrogens (tertiary/aromatic N) is 3. The molecule has 0 atom stereocenters. The maximum absolute atomic E-state index is 13.2. The van der Waals surface area contributed by atoms with Gasteiger partial charge >= 0.3 is 0 Å². The van der Waals surface area contributed by atoms with E-state index >= 15 is 0 Å². The zero-order valence-electron chi connectivity index (χ0n) is 24.3. The molecule has 234 valence electrons. The highest BCUT2D eigenvalue weighted by Crippen LogP contribution is 2.39. The van der Waals surface area contributed by atoms with E-state index in [1.54, 1.807) is 17.9 Å². The van der Waals surface area contributed by atoms with Crippen molar-refractivity contribution in [3.63, 3.8) is 0 Å². The highest BCUT2D eigenvalue weighted by atomic mass is 35.5. The lowest BCUT2D eigenvalue weighted by Crippen LogP contribution is -2.51. The molecule has 2 aliphatic heterocycles. The zero-order chi connectivity index (χ0) is 31.9. The van der Waals surface area contributed by atoms with Crippen LogP contribution in [0.4, 0.5) is 20.6 Å². The average Bonchev–Trinajstić information content (AvgIpc) is 3.29. The molecule has 2 saturated heterocycles. The monoisotopic (exact) mass is 652 g/mol. The number of carbonyl (C=O) groups excluding carboxylic acids is 4. The number of rotatable bonds is 10. The van der Waals surface area contributed by atoms with Crippen molar-refractivity contribution in [2.75, 3.05) is 56.2 Å². The van der Waals surface area contributed by atoms with E-state index in [2.05, 4.69) is 10.2 Å². The zero-order valence-corrected chi connectivity index (χ0v) is 25.9. The third-order valence-corrected chi connectivity index (χ3v) is 8.21. The summed E-state index contributed by atoms with van der Waals surface area (Å²) in [6, 6.07) is 18.3. The Morgan fingerprint density at radius 1 is 1.00 bits per heavy atom. The van der Waals surface area contributed by atoms with Gasteiger partial charge in [0.05, 0.1) is 16.5 Å². The fourth-order valence-corrected chi connectivity index (χ4v) is 5.93. The minimum absolute atomic E-state index is 0.117. The lowest BCUT2D eigenvalue weighted by Gasteiger charge is -2.36. The number of hydrogen-bond donors (Lipinski definition) is 1. The molecule has 0 saturated carbocycles. The molecular formula is C32H30ClFN4O6S. The standard InChI is InChI=1S/C32H30ClFN4O6S/c1-2-43-26-17-21(16-25(33)30(26)44-20-28(39)35-23-10-8-22(34)9-11-23)18-27-31(41)38(32(42)45-27)19-29(40)37-14-12-36(13-15-37)24-6-4-3-5-7-24/h3-11,16-18H,2,12-15,19-20H2,1H3,(H,35,39)/b27-18+. The minimum Gasteiger partial charge on any atom is -0.490 e. The molecule has 0 radical (unpaired) electrons. The molecule has 0 aromatic heterocycles. The van der Waals surface area contributed by atoms with E-state index in [1.165, 1.54) is 36.4 Å². The molecular weight excluding hydrogens is 623 g/mol. The van der Waals surface area contributed by atoms with Crippen LogP contribution in [0.2, 0.25) is 5.02 Å². The number of piperazine rings is 1. The second-order valence-electron chi connectivity index (χ2n) is 10.1. The predicted octanol–water partition coefficient (Wildman–Crippen LogP) is 5.28. The third kappa shape index (κ3) is 7.95. The molecule has 45 heavy (non-hydrogen) atoms. The van der Waals surface area contributed by atoms with Gasteiger partial charge in [-0.2, -0.15) is 0 Å². The number of para-hydroxylation sites is 1. The smallest absolute Gasteiger partial charge is 0.294 e. The van der Waals surface area contributed by atoms with E-state index < -0.39 is 29.5 Å². The quantitative estimate of drug-likeness (QED) is 0.295. The summed E-state index contributed by atoms with van der Waals surface area (Å²) in [4.78, 5) is 56.2. The molecule has 13 heteroatoms. The van der Waals surface area contributed by atoms with Crippen LogP contribution in [-0.4, -0.2) is 78.7 Å². The summed E-state index contributed by atoms with van der Waals surface area (Å²) < 4.78 is 24.5. The Morgan fingerprint density at radius 3 is 2.40 bits per heavy atom. The number of anilines is 2. The molecule has 0 spiro atoms. The molecule has 2 heterocycles. The lowest BCUT2D eigenvalue weighted by molar-refractivity contribution is -0.136. The fourth-order valence-electron chi connectivity index (χ4n) is 4.82. The maximum Gasteiger partial charge on any atom is 0.294 e. The van der Waals surface area contributed by atoms with E-state index in [-0.39, 0.29) is 40.5 Å². The summed E-state index contributed by atoms with van der Waals surface area (Å²) in [5.41, 5.74) is 1.94. The van der Waals surface area contributed by atoms with Crippen molar-refractivity contribution in [2.45, 2.75) is 6.92 Å². The topological polar surface area (TPSA) is 108 Å². The molecule has 10 nitrogen and oxygen atoms in total. The maximum atomic E-state index is 13.2. The van der Waals surface area contributed by atoms with Crippen molar-refractivity contribution < 1.29 is 33.0 Å². The summed E-state index contributed by atoms with van der Waals surface area (Å²) in [6.07, 6.45) is 1.49. The van der Waals surface area contributed by atoms with Gasteiger partial charge < -0.3 is 24.6 Å². The molecule has 3 aromatic carbocycles. The average molecular weight is 653 g/mol. The first-order valence-electron chi connectivity index (χ1n) is 14.2. The van der Waals surface area contributed by atoms with E-state index in [9.17, 15) is 23.6 Å². The second kappa shape index (κ2) is 14.5. The number of benzene rings is 3. The van der Waals surface area contributed by atoms with Crippen molar-refractivity contribution in [1.82, 2.24) is 9.80 Å². The van der Waals surface area contributed by atoms with Gasteiger partial charge in [-0.25, -0.2) is 4.39 Å². The summed E-state index contributed by atoms with van der Waals surface area (Å²) in [5, 5.41) is 2.18. The number of imide groups is 1. The summed E-state index contributed by atoms with van der Waals surface area (Å²) in [7, 11) is 0. The molecule has 0 bridgehead atoms. The van der Waals surface area contributed by atoms with Gasteiger partial charge in [0.2, 0.25) is 5.91 Å². The lowest BCUT2D eigenvalue weighted by atomic mass is 10.1. The number of amides is 4. The van der Waals surface area contributed by atoms with Gasteiger partial charge in [-0.1, -0.05) is 29.8 Å². The van der Waals surface area contributed by atoms with E-state index in [4.69, 9.17) is 21.1 Å². The molecule has 3 aromatic rings. The van der Waals surface area contributed by atoms with Crippen molar-refractivity contribution in [1.29, 1.82) is 0 Å². The molecule has 2 aliphatic rings. The van der Waals surface area contributed by atoms with Gasteiger partial charge in [-0.15, -0.1) is 0 Å². The summed E-state index contributed by atoms with van der Waals surface area (Å²) in [6.45, 7) is 3.56. The Balaban J connectivity index is 1.21. The van der Waals surface area contributed by atoms with Crippen LogP contribution in [0.15, 0.2) is 71.6 Å². The van der Waals surface area contributed by atoms with Crippen molar-refractivity contribution in [3.05, 3.63) is 88.0 Å².